The number of benzene rings is 1. The third-order valence-corrected chi connectivity index (χ3v) is 2.62. The second-order valence-electron chi connectivity index (χ2n) is 5.57. The van der Waals surface area contributed by atoms with Gasteiger partial charge in [-0.25, -0.2) is 4.39 Å². The van der Waals surface area contributed by atoms with Crippen LogP contribution in [0.3, 0.4) is 0 Å². The molecular weight excluding hydrogens is 225 g/mol. The minimum Gasteiger partial charge on any atom is -0.316 e. The van der Waals surface area contributed by atoms with E-state index >= 15 is 0 Å². The van der Waals surface area contributed by atoms with Crippen molar-refractivity contribution in [2.45, 2.75) is 39.7 Å². The summed E-state index contributed by atoms with van der Waals surface area (Å²) in [5, 5.41) is 3.26. The number of rotatable bonds is 4. The molecule has 1 aromatic carbocycles. The molecule has 1 aromatic rings. The molecule has 1 N–H and O–H groups in total. The molecule has 0 aromatic heterocycles. The summed E-state index contributed by atoms with van der Waals surface area (Å²) in [5.41, 5.74) is 1.18. The van der Waals surface area contributed by atoms with Crippen LogP contribution in [0, 0.1) is 23.1 Å². The predicted octanol–water partition coefficient (Wildman–Crippen LogP) is 3.40. The second kappa shape index (κ2) is 6.56. The van der Waals surface area contributed by atoms with Gasteiger partial charge in [0.15, 0.2) is 0 Å². The Labute approximate surface area is 110 Å². The number of likely N-dealkylation sites (N-methyl/N-ethyl adjacent to an activating group) is 1. The van der Waals surface area contributed by atoms with Crippen LogP contribution in [0.15, 0.2) is 24.3 Å². The Bertz CT molecular complexity index is 417. The molecule has 0 aliphatic rings. The van der Waals surface area contributed by atoms with Crippen molar-refractivity contribution < 1.29 is 4.39 Å². The number of hydrogen-bond donors (Lipinski definition) is 1. The lowest BCUT2D eigenvalue weighted by molar-refractivity contribution is 0.557. The third-order valence-electron chi connectivity index (χ3n) is 2.62. The van der Waals surface area contributed by atoms with E-state index in [1.807, 2.05) is 19.2 Å². The molecule has 0 heterocycles. The molecule has 0 fully saturated rings. The van der Waals surface area contributed by atoms with Crippen molar-refractivity contribution in [1.29, 1.82) is 0 Å². The van der Waals surface area contributed by atoms with Crippen molar-refractivity contribution in [3.8, 4) is 11.8 Å². The molecule has 0 aliphatic carbocycles. The summed E-state index contributed by atoms with van der Waals surface area (Å²) in [4.78, 5) is 0. The molecule has 0 saturated heterocycles. The van der Waals surface area contributed by atoms with Crippen LogP contribution in [-0.4, -0.2) is 13.1 Å². The van der Waals surface area contributed by atoms with E-state index in [4.69, 9.17) is 0 Å². The van der Waals surface area contributed by atoms with E-state index in [9.17, 15) is 4.39 Å². The smallest absolute Gasteiger partial charge is 0.123 e. The maximum Gasteiger partial charge on any atom is 0.123 e. The molecular formula is C16H22FN. The maximum atomic E-state index is 12.8. The van der Waals surface area contributed by atoms with Gasteiger partial charge in [-0.1, -0.05) is 18.1 Å². The van der Waals surface area contributed by atoms with Crippen LogP contribution in [0.5, 0.6) is 0 Å². The summed E-state index contributed by atoms with van der Waals surface area (Å²) in [5.74, 6) is 6.27. The monoisotopic (exact) mass is 247 g/mol. The van der Waals surface area contributed by atoms with E-state index in [2.05, 4.69) is 37.9 Å². The molecule has 0 spiro atoms. The van der Waals surface area contributed by atoms with Gasteiger partial charge >= 0.3 is 0 Å². The van der Waals surface area contributed by atoms with Crippen LogP contribution < -0.4 is 5.32 Å². The van der Waals surface area contributed by atoms with Crippen molar-refractivity contribution >= 4 is 0 Å². The largest absolute Gasteiger partial charge is 0.316 e. The number of halogens is 1. The van der Waals surface area contributed by atoms with Crippen LogP contribution in [0.4, 0.5) is 4.39 Å². The lowest BCUT2D eigenvalue weighted by Crippen LogP contribution is -2.27. The van der Waals surface area contributed by atoms with Gasteiger partial charge in [-0.2, -0.15) is 0 Å². The van der Waals surface area contributed by atoms with Gasteiger partial charge in [-0.05, 0) is 51.9 Å². The van der Waals surface area contributed by atoms with Gasteiger partial charge in [0.25, 0.3) is 0 Å². The van der Waals surface area contributed by atoms with Crippen LogP contribution in [0.2, 0.25) is 0 Å². The average Bonchev–Trinajstić information content (AvgIpc) is 2.29. The SMILES string of the molecule is CNC(CC#CC(C)(C)C)Cc1ccc(F)cc1. The molecule has 1 atom stereocenters. The van der Waals surface area contributed by atoms with Gasteiger partial charge < -0.3 is 5.32 Å². The average molecular weight is 247 g/mol. The molecule has 0 saturated carbocycles. The zero-order valence-corrected chi connectivity index (χ0v) is 11.7. The quantitative estimate of drug-likeness (QED) is 0.804. The highest BCUT2D eigenvalue weighted by Gasteiger charge is 2.07. The van der Waals surface area contributed by atoms with Crippen molar-refractivity contribution in [2.24, 2.45) is 5.41 Å². The van der Waals surface area contributed by atoms with Crippen LogP contribution in [0.25, 0.3) is 0 Å². The minimum atomic E-state index is -0.188. The molecule has 98 valence electrons. The highest BCUT2D eigenvalue weighted by molar-refractivity contribution is 5.18. The van der Waals surface area contributed by atoms with E-state index in [0.717, 1.165) is 18.4 Å². The van der Waals surface area contributed by atoms with Crippen molar-refractivity contribution in [2.75, 3.05) is 7.05 Å². The second-order valence-corrected chi connectivity index (χ2v) is 5.57. The molecule has 1 unspecified atom stereocenters. The molecule has 1 nitrogen and oxygen atoms in total. The van der Waals surface area contributed by atoms with Gasteiger partial charge in [0, 0.05) is 17.9 Å². The molecule has 0 aliphatic heterocycles. The topological polar surface area (TPSA) is 12.0 Å². The van der Waals surface area contributed by atoms with Gasteiger partial charge in [0.2, 0.25) is 0 Å². The van der Waals surface area contributed by atoms with Crippen molar-refractivity contribution in [3.05, 3.63) is 35.6 Å². The third kappa shape index (κ3) is 5.84. The first-order valence-corrected chi connectivity index (χ1v) is 6.32. The van der Waals surface area contributed by atoms with Crippen LogP contribution >= 0.6 is 0 Å². The Morgan fingerprint density at radius 3 is 2.33 bits per heavy atom. The Balaban J connectivity index is 2.56. The van der Waals surface area contributed by atoms with Gasteiger partial charge in [-0.3, -0.25) is 0 Å². The standard InChI is InChI=1S/C16H22FN/c1-16(2,3)11-5-6-15(18-4)12-13-7-9-14(17)10-8-13/h7-10,15,18H,6,12H2,1-4H3. The maximum absolute atomic E-state index is 12.8. The fourth-order valence-electron chi connectivity index (χ4n) is 1.62. The van der Waals surface area contributed by atoms with E-state index < -0.39 is 0 Å². The fourth-order valence-corrected chi connectivity index (χ4v) is 1.62. The Morgan fingerprint density at radius 2 is 1.83 bits per heavy atom. The predicted molar refractivity (Wildman–Crippen MR) is 74.8 cm³/mol. The Kier molecular flexibility index (Phi) is 5.37. The summed E-state index contributed by atoms with van der Waals surface area (Å²) in [6, 6.07) is 6.98. The van der Waals surface area contributed by atoms with Crippen molar-refractivity contribution in [3.63, 3.8) is 0 Å². The first-order chi connectivity index (χ1) is 8.40. The molecule has 2 heteroatoms. The van der Waals surface area contributed by atoms with E-state index in [1.54, 1.807) is 0 Å². The van der Waals surface area contributed by atoms with E-state index in [0.29, 0.717) is 6.04 Å². The lowest BCUT2D eigenvalue weighted by atomic mass is 9.97. The Morgan fingerprint density at radius 1 is 1.22 bits per heavy atom. The van der Waals surface area contributed by atoms with E-state index in [-0.39, 0.29) is 11.2 Å². The summed E-state index contributed by atoms with van der Waals surface area (Å²) in [7, 11) is 1.94. The number of nitrogens with one attached hydrogen (secondary N) is 1. The highest BCUT2D eigenvalue weighted by atomic mass is 19.1. The minimum absolute atomic E-state index is 0.0498. The first kappa shape index (κ1) is 14.7. The normalized spacial score (nSPS) is 12.7. The Hall–Kier alpha value is -1.33. The fraction of sp³-hybridized carbons (Fsp3) is 0.500. The molecule has 0 bridgehead atoms. The summed E-state index contributed by atoms with van der Waals surface area (Å²) < 4.78 is 12.8. The first-order valence-electron chi connectivity index (χ1n) is 6.32. The molecule has 0 amide bonds. The lowest BCUT2D eigenvalue weighted by Gasteiger charge is -2.14. The van der Waals surface area contributed by atoms with Crippen LogP contribution in [-0.2, 0) is 6.42 Å². The van der Waals surface area contributed by atoms with Gasteiger partial charge in [-0.15, -0.1) is 5.92 Å². The zero-order valence-electron chi connectivity index (χ0n) is 11.7. The zero-order chi connectivity index (χ0) is 13.6. The van der Waals surface area contributed by atoms with Gasteiger partial charge in [0.1, 0.15) is 5.82 Å². The van der Waals surface area contributed by atoms with Crippen molar-refractivity contribution in [1.82, 2.24) is 5.32 Å². The summed E-state index contributed by atoms with van der Waals surface area (Å²) >= 11 is 0. The summed E-state index contributed by atoms with van der Waals surface area (Å²) in [6.07, 6.45) is 1.68. The van der Waals surface area contributed by atoms with E-state index in [1.165, 1.54) is 12.1 Å². The molecule has 1 rings (SSSR count). The summed E-state index contributed by atoms with van der Waals surface area (Å²) in [6.45, 7) is 6.32. The van der Waals surface area contributed by atoms with Crippen LogP contribution in [0.1, 0.15) is 32.8 Å². The molecule has 0 radical (unpaired) electrons. The molecule has 18 heavy (non-hydrogen) atoms. The van der Waals surface area contributed by atoms with Gasteiger partial charge in [0.05, 0.1) is 0 Å². The number of hydrogen-bond acceptors (Lipinski definition) is 1. The highest BCUT2D eigenvalue weighted by Crippen LogP contribution is 2.11.